The van der Waals surface area contributed by atoms with Crippen LogP contribution in [0.15, 0.2) is 0 Å². The van der Waals surface area contributed by atoms with Gasteiger partial charge in [-0.1, -0.05) is 70.6 Å². The largest absolute Gasteiger partial charge is 0.382 e. The smallest absolute Gasteiger partial charge is 0.332 e. The summed E-state index contributed by atoms with van der Waals surface area (Å²) in [6.07, 6.45) is 15.2. The van der Waals surface area contributed by atoms with E-state index in [9.17, 15) is 14.7 Å². The van der Waals surface area contributed by atoms with Crippen LogP contribution in [0.4, 0.5) is 0 Å². The van der Waals surface area contributed by atoms with E-state index in [2.05, 4.69) is 0 Å². The molecule has 1 unspecified atom stereocenters. The van der Waals surface area contributed by atoms with E-state index in [0.29, 0.717) is 98.9 Å². The Morgan fingerprint density at radius 3 is 1.23 bits per heavy atom. The number of hydrogen-bond acceptors (Lipinski definition) is 12. The molecule has 1 rings (SSSR count). The molecule has 13 nitrogen and oxygen atoms in total. The molecule has 1 aliphatic heterocycles. The fourth-order valence-corrected chi connectivity index (χ4v) is 4.90. The third kappa shape index (κ3) is 29.5. The number of hydrogen-bond donors (Lipinski definition) is 1. The molecule has 0 aromatic rings. The molecular weight excluding hydrogens is 626 g/mol. The molecule has 1 fully saturated rings. The van der Waals surface area contributed by atoms with E-state index >= 15 is 0 Å². The van der Waals surface area contributed by atoms with Gasteiger partial charge >= 0.3 is 5.97 Å². The molecule has 1 aliphatic rings. The van der Waals surface area contributed by atoms with E-state index in [0.717, 1.165) is 37.4 Å². The Hall–Kier alpha value is -1.42. The van der Waals surface area contributed by atoms with E-state index < -0.39 is 12.2 Å². The van der Waals surface area contributed by atoms with Gasteiger partial charge in [0.05, 0.1) is 92.5 Å². The number of methoxy groups -OCH3 is 1. The summed E-state index contributed by atoms with van der Waals surface area (Å²) in [6.45, 7) is 8.61. The number of carbonyl (C=O) groups is 2. The number of unbranched alkanes of at least 4 members (excludes halogenated alkanes) is 12. The molecule has 48 heavy (non-hydrogen) atoms. The Bertz CT molecular complexity index is 717. The number of amides is 1. The number of hydroxylamine groups is 2. The third-order valence-electron chi connectivity index (χ3n) is 7.67. The highest BCUT2D eigenvalue weighted by Crippen LogP contribution is 2.18. The molecule has 284 valence electrons. The first-order valence-corrected chi connectivity index (χ1v) is 18.4. The molecule has 13 heteroatoms. The Kier molecular flexibility index (Phi) is 32.9. The normalized spacial score (nSPS) is 14.8. The Balaban J connectivity index is 1.64. The highest BCUT2D eigenvalue weighted by molar-refractivity contribution is 5.79. The van der Waals surface area contributed by atoms with Crippen molar-refractivity contribution in [3.05, 3.63) is 0 Å². The quantitative estimate of drug-likeness (QED) is 0.0904. The van der Waals surface area contributed by atoms with Gasteiger partial charge in [-0.15, -0.1) is 5.06 Å². The van der Waals surface area contributed by atoms with Gasteiger partial charge < -0.3 is 47.8 Å². The summed E-state index contributed by atoms with van der Waals surface area (Å²) in [5, 5.41) is 10.4. The summed E-state index contributed by atoms with van der Waals surface area (Å²) in [4.78, 5) is 28.3. The first kappa shape index (κ1) is 44.6. The first-order valence-electron chi connectivity index (χ1n) is 18.4. The van der Waals surface area contributed by atoms with Gasteiger partial charge in [0.2, 0.25) is 0 Å². The van der Waals surface area contributed by atoms with Crippen molar-refractivity contribution in [2.45, 2.75) is 109 Å². The van der Waals surface area contributed by atoms with Crippen LogP contribution < -0.4 is 0 Å². The second kappa shape index (κ2) is 35.4. The zero-order chi connectivity index (χ0) is 34.6. The van der Waals surface area contributed by atoms with Crippen LogP contribution in [-0.2, 0) is 52.3 Å². The topological polar surface area (TPSA) is 141 Å². The van der Waals surface area contributed by atoms with Crippen LogP contribution in [0.3, 0.4) is 0 Å². The Morgan fingerprint density at radius 1 is 0.542 bits per heavy atom. The average Bonchev–Trinajstić information content (AvgIpc) is 3.40. The summed E-state index contributed by atoms with van der Waals surface area (Å²) < 4.78 is 43.3. The maximum Gasteiger partial charge on any atom is 0.332 e. The Morgan fingerprint density at radius 2 is 0.875 bits per heavy atom. The van der Waals surface area contributed by atoms with Crippen molar-refractivity contribution in [2.75, 3.05) is 106 Å². The van der Waals surface area contributed by atoms with Crippen molar-refractivity contribution in [1.82, 2.24) is 5.06 Å². The average molecular weight is 694 g/mol. The SMILES string of the molecule is COCCOCCOCCOCCOCCOCCOCCOCCCCCCCCCCCCCCCC(=O)ON1C(=O)CCC1O. The summed E-state index contributed by atoms with van der Waals surface area (Å²) >= 11 is 0. The van der Waals surface area contributed by atoms with Crippen molar-refractivity contribution in [3.63, 3.8) is 0 Å². The molecule has 0 bridgehead atoms. The minimum Gasteiger partial charge on any atom is -0.382 e. The molecule has 1 heterocycles. The van der Waals surface area contributed by atoms with Gasteiger partial charge in [-0.2, -0.15) is 0 Å². The molecular formula is C35H67NO12. The van der Waals surface area contributed by atoms with Crippen LogP contribution in [0.25, 0.3) is 0 Å². The number of carbonyl (C=O) groups excluding carboxylic acids is 2. The van der Waals surface area contributed by atoms with Gasteiger partial charge in [0, 0.05) is 33.0 Å². The zero-order valence-corrected chi connectivity index (χ0v) is 29.9. The van der Waals surface area contributed by atoms with Gasteiger partial charge in [0.25, 0.3) is 5.91 Å². The monoisotopic (exact) mass is 693 g/mol. The number of ether oxygens (including phenoxy) is 8. The van der Waals surface area contributed by atoms with Gasteiger partial charge in [-0.25, -0.2) is 4.79 Å². The fourth-order valence-electron chi connectivity index (χ4n) is 4.90. The minimum absolute atomic E-state index is 0.225. The van der Waals surface area contributed by atoms with E-state index in [4.69, 9.17) is 42.7 Å². The highest BCUT2D eigenvalue weighted by atomic mass is 16.7. The number of aliphatic hydroxyl groups is 1. The molecule has 0 aliphatic carbocycles. The second-order valence-electron chi connectivity index (χ2n) is 11.8. The van der Waals surface area contributed by atoms with Crippen LogP contribution in [-0.4, -0.2) is 134 Å². The number of nitrogens with zero attached hydrogens (tertiary/aromatic N) is 1. The molecule has 0 aromatic carbocycles. The number of rotatable bonds is 38. The summed E-state index contributed by atoms with van der Waals surface area (Å²) in [7, 11) is 1.65. The van der Waals surface area contributed by atoms with Gasteiger partial charge in [-0.05, 0) is 12.8 Å². The van der Waals surface area contributed by atoms with Crippen LogP contribution >= 0.6 is 0 Å². The van der Waals surface area contributed by atoms with Crippen LogP contribution in [0.5, 0.6) is 0 Å². The van der Waals surface area contributed by atoms with Crippen LogP contribution in [0.2, 0.25) is 0 Å². The maximum atomic E-state index is 11.8. The number of aliphatic hydroxyl groups excluding tert-OH is 1. The van der Waals surface area contributed by atoms with Crippen molar-refractivity contribution < 1.29 is 57.4 Å². The van der Waals surface area contributed by atoms with Gasteiger partial charge in [-0.3, -0.25) is 4.79 Å². The molecule has 1 amide bonds. The fraction of sp³-hybridized carbons (Fsp3) is 0.943. The predicted molar refractivity (Wildman–Crippen MR) is 180 cm³/mol. The lowest BCUT2D eigenvalue weighted by Crippen LogP contribution is -2.35. The lowest BCUT2D eigenvalue weighted by molar-refractivity contribution is -0.220. The summed E-state index contributed by atoms with van der Waals surface area (Å²) in [6, 6.07) is 0. The van der Waals surface area contributed by atoms with Crippen LogP contribution in [0, 0.1) is 0 Å². The molecule has 1 atom stereocenters. The predicted octanol–water partition coefficient (Wildman–Crippen LogP) is 4.61. The lowest BCUT2D eigenvalue weighted by atomic mass is 10.0. The van der Waals surface area contributed by atoms with Crippen molar-refractivity contribution in [3.8, 4) is 0 Å². The van der Waals surface area contributed by atoms with Crippen LogP contribution in [0.1, 0.15) is 103 Å². The maximum absolute atomic E-state index is 11.8. The minimum atomic E-state index is -0.993. The zero-order valence-electron chi connectivity index (χ0n) is 29.9. The highest BCUT2D eigenvalue weighted by Gasteiger charge is 2.32. The molecule has 1 saturated heterocycles. The molecule has 0 aromatic heterocycles. The molecule has 1 N–H and O–H groups in total. The second-order valence-corrected chi connectivity index (χ2v) is 11.8. The van der Waals surface area contributed by atoms with Crippen molar-refractivity contribution in [2.24, 2.45) is 0 Å². The van der Waals surface area contributed by atoms with E-state index in [1.807, 2.05) is 0 Å². The third-order valence-corrected chi connectivity index (χ3v) is 7.67. The van der Waals surface area contributed by atoms with E-state index in [-0.39, 0.29) is 18.7 Å². The molecule has 0 saturated carbocycles. The van der Waals surface area contributed by atoms with E-state index in [1.165, 1.54) is 57.8 Å². The molecule has 0 spiro atoms. The first-order chi connectivity index (χ1) is 23.6. The van der Waals surface area contributed by atoms with Gasteiger partial charge in [0.1, 0.15) is 0 Å². The van der Waals surface area contributed by atoms with Crippen molar-refractivity contribution in [1.29, 1.82) is 0 Å². The Labute approximate surface area is 289 Å². The van der Waals surface area contributed by atoms with Gasteiger partial charge in [0.15, 0.2) is 6.23 Å². The molecule has 0 radical (unpaired) electrons. The lowest BCUT2D eigenvalue weighted by Gasteiger charge is -2.18. The standard InChI is InChI=1S/C35H67NO12/c1-40-19-20-42-23-24-44-27-28-46-31-32-47-30-29-45-26-25-43-22-21-41-18-14-12-10-8-6-4-2-3-5-7-9-11-13-15-35(39)48-36-33(37)16-17-34(36)38/h33,37H,2-32H2,1H3. The van der Waals surface area contributed by atoms with E-state index in [1.54, 1.807) is 7.11 Å². The summed E-state index contributed by atoms with van der Waals surface area (Å²) in [5.41, 5.74) is 0. The summed E-state index contributed by atoms with van der Waals surface area (Å²) in [5.74, 6) is -0.766. The van der Waals surface area contributed by atoms with Crippen molar-refractivity contribution >= 4 is 11.9 Å².